The molecule has 2 heterocycles. The van der Waals surface area contributed by atoms with Crippen molar-refractivity contribution in [3.8, 4) is 0 Å². The second-order valence-electron chi connectivity index (χ2n) is 8.47. The Hall–Kier alpha value is -1.78. The zero-order valence-electron chi connectivity index (χ0n) is 17.6. The second kappa shape index (κ2) is 9.62. The number of allylic oxidation sites excluding steroid dienone is 1. The van der Waals surface area contributed by atoms with E-state index in [2.05, 4.69) is 60.7 Å². The predicted molar refractivity (Wildman–Crippen MR) is 117 cm³/mol. The summed E-state index contributed by atoms with van der Waals surface area (Å²) in [5.74, 6) is 1.01. The van der Waals surface area contributed by atoms with Crippen molar-refractivity contribution in [2.75, 3.05) is 26.9 Å². The molecule has 0 aliphatic carbocycles. The molecule has 0 bridgehead atoms. The number of methoxy groups -OCH3 is 1. The fraction of sp³-hybridized carbons (Fsp3) is 0.583. The van der Waals surface area contributed by atoms with Crippen LogP contribution in [0.25, 0.3) is 10.9 Å². The number of aromatic amines is 1. The Morgan fingerprint density at radius 1 is 1.32 bits per heavy atom. The molecular formula is C24H36N2O2. The van der Waals surface area contributed by atoms with Crippen LogP contribution in [-0.4, -0.2) is 37.0 Å². The average molecular weight is 385 g/mol. The summed E-state index contributed by atoms with van der Waals surface area (Å²) in [6.07, 6.45) is 9.47. The van der Waals surface area contributed by atoms with Crippen LogP contribution in [0.1, 0.15) is 50.8 Å². The van der Waals surface area contributed by atoms with E-state index in [0.717, 1.165) is 45.3 Å². The zero-order valence-corrected chi connectivity index (χ0v) is 17.6. The van der Waals surface area contributed by atoms with Crippen molar-refractivity contribution in [2.24, 2.45) is 11.8 Å². The van der Waals surface area contributed by atoms with Crippen LogP contribution in [0.2, 0.25) is 0 Å². The maximum absolute atomic E-state index is 10.6. The molecule has 3 atom stereocenters. The molecule has 28 heavy (non-hydrogen) atoms. The number of ether oxygens (including phenoxy) is 1. The van der Waals surface area contributed by atoms with E-state index >= 15 is 0 Å². The molecule has 1 aliphatic rings. The number of hydrogen-bond donors (Lipinski definition) is 3. The molecule has 3 N–H and O–H groups in total. The Morgan fingerprint density at radius 3 is 2.89 bits per heavy atom. The molecule has 2 aromatic rings. The molecule has 1 aromatic heterocycles. The number of hydrogen-bond acceptors (Lipinski definition) is 3. The highest BCUT2D eigenvalue weighted by molar-refractivity contribution is 5.85. The van der Waals surface area contributed by atoms with Crippen molar-refractivity contribution in [1.82, 2.24) is 10.3 Å². The monoisotopic (exact) mass is 384 g/mol. The minimum Gasteiger partial charge on any atom is -0.395 e. The number of rotatable bonds is 7. The van der Waals surface area contributed by atoms with E-state index in [0.29, 0.717) is 11.8 Å². The van der Waals surface area contributed by atoms with Gasteiger partial charge in [0.1, 0.15) is 0 Å². The van der Waals surface area contributed by atoms with Gasteiger partial charge in [0.2, 0.25) is 0 Å². The predicted octanol–water partition coefficient (Wildman–Crippen LogP) is 4.54. The lowest BCUT2D eigenvalue weighted by molar-refractivity contribution is 0.149. The van der Waals surface area contributed by atoms with E-state index in [4.69, 9.17) is 4.74 Å². The number of aliphatic hydroxyl groups excluding tert-OH is 1. The molecule has 1 aliphatic heterocycles. The van der Waals surface area contributed by atoms with Gasteiger partial charge < -0.3 is 20.1 Å². The number of H-pyrrole nitrogens is 1. The van der Waals surface area contributed by atoms with Crippen molar-refractivity contribution in [3.05, 3.63) is 47.8 Å². The number of para-hydroxylation sites is 1. The highest BCUT2D eigenvalue weighted by Crippen LogP contribution is 2.41. The van der Waals surface area contributed by atoms with Crippen LogP contribution in [0, 0.1) is 11.8 Å². The lowest BCUT2D eigenvalue weighted by atomic mass is 9.71. The molecule has 0 saturated carbocycles. The Morgan fingerprint density at radius 2 is 2.14 bits per heavy atom. The Balaban J connectivity index is 1.98. The third-order valence-corrected chi connectivity index (χ3v) is 6.50. The largest absolute Gasteiger partial charge is 0.395 e. The van der Waals surface area contributed by atoms with Crippen molar-refractivity contribution < 1.29 is 9.84 Å². The maximum Gasteiger partial charge on any atom is 0.0542 e. The summed E-state index contributed by atoms with van der Waals surface area (Å²) < 4.78 is 5.27. The topological polar surface area (TPSA) is 57.3 Å². The molecule has 154 valence electrons. The van der Waals surface area contributed by atoms with Gasteiger partial charge in [0, 0.05) is 42.3 Å². The molecule has 4 nitrogen and oxygen atoms in total. The summed E-state index contributed by atoms with van der Waals surface area (Å²) in [7, 11) is 1.77. The van der Waals surface area contributed by atoms with Crippen LogP contribution in [0.5, 0.6) is 0 Å². The Bertz CT molecular complexity index is 776. The van der Waals surface area contributed by atoms with Crippen LogP contribution in [-0.2, 0) is 16.6 Å². The Kier molecular flexibility index (Phi) is 7.19. The van der Waals surface area contributed by atoms with Crippen molar-refractivity contribution >= 4 is 10.9 Å². The number of aromatic nitrogens is 1. The summed E-state index contributed by atoms with van der Waals surface area (Å²) in [5, 5.41) is 15.4. The quantitative estimate of drug-likeness (QED) is 0.657. The van der Waals surface area contributed by atoms with Gasteiger partial charge in [0.05, 0.1) is 6.61 Å². The SMILES string of the molecule is CCC1(CO)CC(CC(C)CCOC)C=CNCCc2c1[nH]c1ccccc21. The molecule has 3 unspecified atom stereocenters. The van der Waals surface area contributed by atoms with Gasteiger partial charge in [-0.3, -0.25) is 0 Å². The van der Waals surface area contributed by atoms with Gasteiger partial charge >= 0.3 is 0 Å². The maximum atomic E-state index is 10.6. The van der Waals surface area contributed by atoms with Gasteiger partial charge in [0.15, 0.2) is 0 Å². The molecule has 0 fully saturated rings. The molecule has 0 spiro atoms. The van der Waals surface area contributed by atoms with Gasteiger partial charge in [0.25, 0.3) is 0 Å². The summed E-state index contributed by atoms with van der Waals surface area (Å²) in [4.78, 5) is 3.70. The number of benzene rings is 1. The molecule has 4 heteroatoms. The normalized spacial score (nSPS) is 23.9. The molecule has 1 aromatic carbocycles. The fourth-order valence-electron chi connectivity index (χ4n) is 4.76. The first-order valence-corrected chi connectivity index (χ1v) is 10.7. The van der Waals surface area contributed by atoms with E-state index in [9.17, 15) is 5.11 Å². The van der Waals surface area contributed by atoms with Gasteiger partial charge in [-0.2, -0.15) is 0 Å². The van der Waals surface area contributed by atoms with E-state index in [-0.39, 0.29) is 12.0 Å². The van der Waals surface area contributed by atoms with Crippen LogP contribution in [0.4, 0.5) is 0 Å². The minimum absolute atomic E-state index is 0.174. The van der Waals surface area contributed by atoms with Crippen LogP contribution in [0.15, 0.2) is 36.5 Å². The van der Waals surface area contributed by atoms with Gasteiger partial charge in [-0.1, -0.05) is 38.1 Å². The van der Waals surface area contributed by atoms with Crippen molar-refractivity contribution in [1.29, 1.82) is 0 Å². The highest BCUT2D eigenvalue weighted by atomic mass is 16.5. The highest BCUT2D eigenvalue weighted by Gasteiger charge is 2.36. The second-order valence-corrected chi connectivity index (χ2v) is 8.47. The fourth-order valence-corrected chi connectivity index (χ4v) is 4.76. The summed E-state index contributed by atoms with van der Waals surface area (Å²) in [6.45, 7) is 6.40. The number of fused-ring (bicyclic) bond motifs is 3. The smallest absolute Gasteiger partial charge is 0.0542 e. The van der Waals surface area contributed by atoms with E-state index in [1.54, 1.807) is 7.11 Å². The number of nitrogens with one attached hydrogen (secondary N) is 2. The minimum atomic E-state index is -0.234. The first kappa shape index (κ1) is 20.9. The van der Waals surface area contributed by atoms with E-state index < -0.39 is 0 Å². The molecule has 0 amide bonds. The van der Waals surface area contributed by atoms with Crippen LogP contribution in [0.3, 0.4) is 0 Å². The van der Waals surface area contributed by atoms with Crippen molar-refractivity contribution in [2.45, 2.75) is 51.4 Å². The summed E-state index contributed by atoms with van der Waals surface area (Å²) in [5.41, 5.74) is 3.55. The summed E-state index contributed by atoms with van der Waals surface area (Å²) in [6, 6.07) is 8.54. The first-order chi connectivity index (χ1) is 13.6. The standard InChI is InChI=1S/C24H36N2O2/c1-4-24(17-27)16-19(15-18(2)11-14-28-3)9-12-25-13-10-21-20-7-5-6-8-22(20)26-23(21)24/h5-9,12,18-19,25-27H,4,10-11,13-17H2,1-3H3. The van der Waals surface area contributed by atoms with E-state index in [1.165, 1.54) is 22.2 Å². The Labute approximate surface area is 169 Å². The van der Waals surface area contributed by atoms with Gasteiger partial charge in [-0.05, 0) is 61.8 Å². The molecular weight excluding hydrogens is 348 g/mol. The summed E-state index contributed by atoms with van der Waals surface area (Å²) >= 11 is 0. The first-order valence-electron chi connectivity index (χ1n) is 10.7. The zero-order chi connectivity index (χ0) is 20.0. The van der Waals surface area contributed by atoms with Crippen LogP contribution >= 0.6 is 0 Å². The van der Waals surface area contributed by atoms with E-state index in [1.807, 2.05) is 0 Å². The average Bonchev–Trinajstić information content (AvgIpc) is 3.09. The van der Waals surface area contributed by atoms with Gasteiger partial charge in [-0.25, -0.2) is 0 Å². The lowest BCUT2D eigenvalue weighted by Gasteiger charge is -2.35. The molecule has 0 radical (unpaired) electrons. The van der Waals surface area contributed by atoms with Crippen molar-refractivity contribution in [3.63, 3.8) is 0 Å². The van der Waals surface area contributed by atoms with Gasteiger partial charge in [-0.15, -0.1) is 0 Å². The van der Waals surface area contributed by atoms with Crippen LogP contribution < -0.4 is 5.32 Å². The molecule has 3 rings (SSSR count). The third kappa shape index (κ3) is 4.44. The molecule has 0 saturated heterocycles. The lowest BCUT2D eigenvalue weighted by Crippen LogP contribution is -2.35. The third-order valence-electron chi connectivity index (χ3n) is 6.50. The number of aliphatic hydroxyl groups is 1.